The molecule has 0 radical (unpaired) electrons. The van der Waals surface area contributed by atoms with Gasteiger partial charge in [0.1, 0.15) is 11.8 Å². The van der Waals surface area contributed by atoms with E-state index < -0.39 is 12.0 Å². The standard InChI is InChI=1S/C13H18ClNO3/c1-8(2)18-12-5-4-10(6-11(12)14)7-15-9(3)13(16)17/h4-6,8-9,15H,7H2,1-3H3,(H,16,17)/t9-/m1/s1. The van der Waals surface area contributed by atoms with E-state index in [1.54, 1.807) is 19.1 Å². The monoisotopic (exact) mass is 271 g/mol. The van der Waals surface area contributed by atoms with E-state index in [1.807, 2.05) is 19.9 Å². The van der Waals surface area contributed by atoms with Crippen LogP contribution in [0.2, 0.25) is 5.02 Å². The second-order valence-electron chi connectivity index (χ2n) is 4.37. The predicted molar refractivity (Wildman–Crippen MR) is 71.2 cm³/mol. The number of halogens is 1. The van der Waals surface area contributed by atoms with Crippen molar-refractivity contribution in [1.82, 2.24) is 5.32 Å². The number of nitrogens with one attached hydrogen (secondary N) is 1. The van der Waals surface area contributed by atoms with Crippen LogP contribution in [0.15, 0.2) is 18.2 Å². The van der Waals surface area contributed by atoms with E-state index in [-0.39, 0.29) is 6.10 Å². The smallest absolute Gasteiger partial charge is 0.320 e. The molecule has 1 rings (SSSR count). The minimum atomic E-state index is -0.874. The number of aliphatic carboxylic acids is 1. The van der Waals surface area contributed by atoms with Gasteiger partial charge in [0.25, 0.3) is 0 Å². The summed E-state index contributed by atoms with van der Waals surface area (Å²) >= 11 is 6.08. The molecule has 1 aromatic carbocycles. The maximum atomic E-state index is 10.7. The summed E-state index contributed by atoms with van der Waals surface area (Å²) in [6.45, 7) is 5.91. The van der Waals surface area contributed by atoms with Crippen molar-refractivity contribution in [3.05, 3.63) is 28.8 Å². The van der Waals surface area contributed by atoms with Gasteiger partial charge in [-0.25, -0.2) is 0 Å². The Kier molecular flexibility index (Phi) is 5.44. The second-order valence-corrected chi connectivity index (χ2v) is 4.78. The molecule has 100 valence electrons. The third-order valence-electron chi connectivity index (χ3n) is 2.34. The van der Waals surface area contributed by atoms with Crippen molar-refractivity contribution < 1.29 is 14.6 Å². The zero-order chi connectivity index (χ0) is 13.7. The number of hydrogen-bond donors (Lipinski definition) is 2. The van der Waals surface area contributed by atoms with Crippen LogP contribution in [0.5, 0.6) is 5.75 Å². The molecule has 1 aromatic rings. The molecule has 0 aliphatic carbocycles. The van der Waals surface area contributed by atoms with Crippen LogP contribution in [0.3, 0.4) is 0 Å². The fourth-order valence-electron chi connectivity index (χ4n) is 1.36. The molecule has 0 amide bonds. The Morgan fingerprint density at radius 1 is 1.44 bits per heavy atom. The molecule has 0 aliphatic rings. The maximum absolute atomic E-state index is 10.7. The summed E-state index contributed by atoms with van der Waals surface area (Å²) in [6, 6.07) is 4.85. The van der Waals surface area contributed by atoms with Crippen molar-refractivity contribution >= 4 is 17.6 Å². The lowest BCUT2D eigenvalue weighted by atomic mass is 10.2. The number of benzene rings is 1. The lowest BCUT2D eigenvalue weighted by Gasteiger charge is -2.13. The summed E-state index contributed by atoms with van der Waals surface area (Å²) in [5.74, 6) is -0.234. The number of ether oxygens (including phenoxy) is 1. The summed E-state index contributed by atoms with van der Waals surface area (Å²) in [4.78, 5) is 10.7. The molecule has 0 spiro atoms. The SMILES string of the molecule is CC(C)Oc1ccc(CN[C@H](C)C(=O)O)cc1Cl. The Morgan fingerprint density at radius 2 is 2.11 bits per heavy atom. The predicted octanol–water partition coefficient (Wildman–Crippen LogP) is 2.69. The van der Waals surface area contributed by atoms with Crippen molar-refractivity contribution in [3.63, 3.8) is 0 Å². The van der Waals surface area contributed by atoms with Gasteiger partial charge in [-0.2, -0.15) is 0 Å². The molecule has 0 bridgehead atoms. The lowest BCUT2D eigenvalue weighted by Crippen LogP contribution is -2.33. The van der Waals surface area contributed by atoms with Gasteiger partial charge in [0.2, 0.25) is 0 Å². The molecule has 1 atom stereocenters. The molecule has 5 heteroatoms. The first kappa shape index (κ1) is 14.8. The molecule has 18 heavy (non-hydrogen) atoms. The summed E-state index contributed by atoms with van der Waals surface area (Å²) in [6.07, 6.45) is 0.0681. The van der Waals surface area contributed by atoms with Gasteiger partial charge in [-0.3, -0.25) is 4.79 Å². The topological polar surface area (TPSA) is 58.6 Å². The normalized spacial score (nSPS) is 12.5. The zero-order valence-electron chi connectivity index (χ0n) is 10.7. The number of carboxylic acid groups (broad SMARTS) is 1. The average Bonchev–Trinajstić information content (AvgIpc) is 2.28. The van der Waals surface area contributed by atoms with E-state index in [2.05, 4.69) is 5.32 Å². The van der Waals surface area contributed by atoms with Crippen LogP contribution >= 0.6 is 11.6 Å². The van der Waals surface area contributed by atoms with E-state index in [9.17, 15) is 4.79 Å². The van der Waals surface area contributed by atoms with Gasteiger partial charge in [0.05, 0.1) is 11.1 Å². The van der Waals surface area contributed by atoms with Crippen LogP contribution in [0.1, 0.15) is 26.3 Å². The molecule has 0 saturated heterocycles. The molecular weight excluding hydrogens is 254 g/mol. The van der Waals surface area contributed by atoms with E-state index in [1.165, 1.54) is 0 Å². The highest BCUT2D eigenvalue weighted by Gasteiger charge is 2.10. The van der Waals surface area contributed by atoms with Crippen LogP contribution in [0.4, 0.5) is 0 Å². The fraction of sp³-hybridized carbons (Fsp3) is 0.462. The van der Waals surface area contributed by atoms with E-state index in [0.717, 1.165) is 5.56 Å². The minimum absolute atomic E-state index is 0.0681. The Balaban J connectivity index is 2.64. The van der Waals surface area contributed by atoms with E-state index in [0.29, 0.717) is 17.3 Å². The molecule has 4 nitrogen and oxygen atoms in total. The summed E-state index contributed by atoms with van der Waals surface area (Å²) < 4.78 is 5.52. The first-order chi connectivity index (χ1) is 8.40. The van der Waals surface area contributed by atoms with Gasteiger partial charge in [-0.1, -0.05) is 17.7 Å². The molecule has 0 unspecified atom stereocenters. The fourth-order valence-corrected chi connectivity index (χ4v) is 1.61. The first-order valence-electron chi connectivity index (χ1n) is 5.81. The summed E-state index contributed by atoms with van der Waals surface area (Å²) in [5.41, 5.74) is 0.921. The highest BCUT2D eigenvalue weighted by atomic mass is 35.5. The van der Waals surface area contributed by atoms with E-state index in [4.69, 9.17) is 21.4 Å². The van der Waals surface area contributed by atoms with Gasteiger partial charge in [-0.15, -0.1) is 0 Å². The lowest BCUT2D eigenvalue weighted by molar-refractivity contribution is -0.139. The Hall–Kier alpha value is -1.26. The molecule has 2 N–H and O–H groups in total. The van der Waals surface area contributed by atoms with Crippen molar-refractivity contribution in [2.24, 2.45) is 0 Å². The first-order valence-corrected chi connectivity index (χ1v) is 6.19. The van der Waals surface area contributed by atoms with Crippen LogP contribution in [-0.2, 0) is 11.3 Å². The van der Waals surface area contributed by atoms with Crippen LogP contribution in [0.25, 0.3) is 0 Å². The molecule has 0 fully saturated rings. The Labute approximate surface area is 112 Å². The summed E-state index contributed by atoms with van der Waals surface area (Å²) in [5, 5.41) is 12.2. The third kappa shape index (κ3) is 4.55. The van der Waals surface area contributed by atoms with Crippen LogP contribution in [0, 0.1) is 0 Å². The molecular formula is C13H18ClNO3. The second kappa shape index (κ2) is 6.61. The minimum Gasteiger partial charge on any atom is -0.489 e. The Morgan fingerprint density at radius 3 is 2.61 bits per heavy atom. The van der Waals surface area contributed by atoms with Gasteiger partial charge >= 0.3 is 5.97 Å². The van der Waals surface area contributed by atoms with Crippen molar-refractivity contribution in [1.29, 1.82) is 0 Å². The highest BCUT2D eigenvalue weighted by Crippen LogP contribution is 2.26. The molecule has 0 aliphatic heterocycles. The number of rotatable bonds is 6. The van der Waals surface area contributed by atoms with Gasteiger partial charge in [0, 0.05) is 6.54 Å². The third-order valence-corrected chi connectivity index (χ3v) is 2.64. The van der Waals surface area contributed by atoms with Crippen molar-refractivity contribution in [2.75, 3.05) is 0 Å². The number of hydrogen-bond acceptors (Lipinski definition) is 3. The van der Waals surface area contributed by atoms with Gasteiger partial charge in [0.15, 0.2) is 0 Å². The largest absolute Gasteiger partial charge is 0.489 e. The highest BCUT2D eigenvalue weighted by molar-refractivity contribution is 6.32. The average molecular weight is 272 g/mol. The molecule has 0 saturated carbocycles. The zero-order valence-corrected chi connectivity index (χ0v) is 11.5. The molecule has 0 aromatic heterocycles. The van der Waals surface area contributed by atoms with Crippen LogP contribution < -0.4 is 10.1 Å². The quantitative estimate of drug-likeness (QED) is 0.835. The molecule has 0 heterocycles. The summed E-state index contributed by atoms with van der Waals surface area (Å²) in [7, 11) is 0. The van der Waals surface area contributed by atoms with Crippen molar-refractivity contribution in [3.8, 4) is 5.75 Å². The van der Waals surface area contributed by atoms with Crippen molar-refractivity contribution in [2.45, 2.75) is 39.5 Å². The number of carbonyl (C=O) groups is 1. The van der Waals surface area contributed by atoms with Gasteiger partial charge < -0.3 is 15.2 Å². The maximum Gasteiger partial charge on any atom is 0.320 e. The Bertz CT molecular complexity index is 421. The van der Waals surface area contributed by atoms with E-state index >= 15 is 0 Å². The number of carboxylic acids is 1. The van der Waals surface area contributed by atoms with Crippen LogP contribution in [-0.4, -0.2) is 23.2 Å². The van der Waals surface area contributed by atoms with Gasteiger partial charge in [-0.05, 0) is 38.5 Å².